The summed E-state index contributed by atoms with van der Waals surface area (Å²) in [4.78, 5) is 18.5. The molecule has 0 radical (unpaired) electrons. The van der Waals surface area contributed by atoms with Crippen LogP contribution in [-0.4, -0.2) is 49.0 Å². The number of pyridine rings is 1. The Morgan fingerprint density at radius 1 is 1.50 bits per heavy atom. The monoisotopic (exact) mass is 296 g/mol. The fourth-order valence-electron chi connectivity index (χ4n) is 2.46. The molecule has 1 aliphatic carbocycles. The van der Waals surface area contributed by atoms with Crippen molar-refractivity contribution in [3.63, 3.8) is 0 Å². The number of hydrogen-bond acceptors (Lipinski definition) is 4. The molecule has 1 aromatic rings. The van der Waals surface area contributed by atoms with Crippen LogP contribution in [0.25, 0.3) is 0 Å². The summed E-state index contributed by atoms with van der Waals surface area (Å²) in [6.45, 7) is 0.645. The van der Waals surface area contributed by atoms with E-state index in [0.717, 1.165) is 12.8 Å². The van der Waals surface area contributed by atoms with E-state index in [-0.39, 0.29) is 11.4 Å². The zero-order valence-electron chi connectivity index (χ0n) is 12.2. The van der Waals surface area contributed by atoms with Gasteiger partial charge >= 0.3 is 0 Å². The van der Waals surface area contributed by atoms with Crippen molar-refractivity contribution in [2.24, 2.45) is 0 Å². The molecule has 0 saturated heterocycles. The highest BCUT2D eigenvalue weighted by Crippen LogP contribution is 2.35. The van der Waals surface area contributed by atoms with Gasteiger partial charge in [0.25, 0.3) is 5.91 Å². The molecular weight excluding hydrogens is 276 g/mol. The van der Waals surface area contributed by atoms with Crippen LogP contribution in [0.4, 0.5) is 5.82 Å². The number of aromatic nitrogens is 1. The minimum absolute atomic E-state index is 0.0982. The number of hydrogen-bond donors (Lipinski definition) is 2. The van der Waals surface area contributed by atoms with Crippen molar-refractivity contribution in [2.75, 3.05) is 33.0 Å². The van der Waals surface area contributed by atoms with Gasteiger partial charge in [-0.3, -0.25) is 4.79 Å². The fraction of sp³-hybridized carbons (Fsp3) is 0.571. The topological polar surface area (TPSA) is 57.3 Å². The van der Waals surface area contributed by atoms with E-state index in [9.17, 15) is 4.79 Å². The molecule has 0 aromatic carbocycles. The highest BCUT2D eigenvalue weighted by molar-refractivity contribution is 6.33. The number of rotatable bonds is 5. The molecule has 0 bridgehead atoms. The Balaban J connectivity index is 2.05. The predicted octanol–water partition coefficient (Wildman–Crippen LogP) is 1.99. The first-order valence-corrected chi connectivity index (χ1v) is 7.15. The Bertz CT molecular complexity index is 500. The van der Waals surface area contributed by atoms with Gasteiger partial charge in [-0.25, -0.2) is 4.98 Å². The minimum atomic E-state index is -0.151. The van der Waals surface area contributed by atoms with E-state index >= 15 is 0 Å². The van der Waals surface area contributed by atoms with Gasteiger partial charge in [0.2, 0.25) is 0 Å². The van der Waals surface area contributed by atoms with Crippen LogP contribution in [0.1, 0.15) is 29.6 Å². The zero-order chi connectivity index (χ0) is 14.8. The van der Waals surface area contributed by atoms with Gasteiger partial charge in [-0.2, -0.15) is 0 Å². The second kappa shape index (κ2) is 5.97. The van der Waals surface area contributed by atoms with Crippen LogP contribution in [-0.2, 0) is 0 Å². The Kier molecular flexibility index (Phi) is 4.50. The lowest BCUT2D eigenvalue weighted by Gasteiger charge is -2.47. The molecule has 2 N–H and O–H groups in total. The molecule has 0 atom stereocenters. The molecule has 0 aliphatic heterocycles. The number of halogens is 1. The summed E-state index contributed by atoms with van der Waals surface area (Å²) < 4.78 is 0. The Morgan fingerprint density at radius 3 is 2.70 bits per heavy atom. The molecule has 1 amide bonds. The van der Waals surface area contributed by atoms with Gasteiger partial charge < -0.3 is 15.5 Å². The maximum atomic E-state index is 12.3. The summed E-state index contributed by atoms with van der Waals surface area (Å²) in [5.74, 6) is 0.479. The molecule has 6 heteroatoms. The molecule has 1 aliphatic rings. The molecular formula is C14H21ClN4O. The maximum Gasteiger partial charge on any atom is 0.253 e. The average molecular weight is 297 g/mol. The molecule has 0 unspecified atom stereocenters. The van der Waals surface area contributed by atoms with Crippen molar-refractivity contribution in [3.8, 4) is 0 Å². The SMILES string of the molecule is CNc1cc(C(=O)NCC2(N(C)C)CCC2)c(Cl)cn1. The third-order valence-corrected chi connectivity index (χ3v) is 4.47. The number of carbonyl (C=O) groups is 1. The first-order valence-electron chi connectivity index (χ1n) is 6.77. The third kappa shape index (κ3) is 2.88. The summed E-state index contributed by atoms with van der Waals surface area (Å²) in [5, 5.41) is 6.27. The quantitative estimate of drug-likeness (QED) is 0.872. The molecule has 2 rings (SSSR count). The van der Waals surface area contributed by atoms with E-state index in [1.165, 1.54) is 12.6 Å². The molecule has 1 heterocycles. The molecule has 110 valence electrons. The molecule has 1 saturated carbocycles. The van der Waals surface area contributed by atoms with Crippen LogP contribution in [0.3, 0.4) is 0 Å². The molecule has 0 spiro atoms. The van der Waals surface area contributed by atoms with Crippen molar-refractivity contribution in [2.45, 2.75) is 24.8 Å². The van der Waals surface area contributed by atoms with Crippen molar-refractivity contribution in [1.82, 2.24) is 15.2 Å². The van der Waals surface area contributed by atoms with Crippen LogP contribution in [0.2, 0.25) is 5.02 Å². The van der Waals surface area contributed by atoms with Gasteiger partial charge in [0.15, 0.2) is 0 Å². The second-order valence-electron chi connectivity index (χ2n) is 5.45. The van der Waals surface area contributed by atoms with Gasteiger partial charge in [0.1, 0.15) is 5.82 Å². The van der Waals surface area contributed by atoms with Crippen LogP contribution < -0.4 is 10.6 Å². The first-order chi connectivity index (χ1) is 9.48. The van der Waals surface area contributed by atoms with Gasteiger partial charge in [0, 0.05) is 25.3 Å². The molecule has 20 heavy (non-hydrogen) atoms. The summed E-state index contributed by atoms with van der Waals surface area (Å²) in [7, 11) is 5.88. The highest BCUT2D eigenvalue weighted by Gasteiger charge is 2.39. The van der Waals surface area contributed by atoms with E-state index in [1.807, 2.05) is 0 Å². The summed E-state index contributed by atoms with van der Waals surface area (Å²) in [6.07, 6.45) is 4.94. The van der Waals surface area contributed by atoms with Gasteiger partial charge in [-0.1, -0.05) is 11.6 Å². The van der Waals surface area contributed by atoms with Crippen molar-refractivity contribution in [1.29, 1.82) is 0 Å². The second-order valence-corrected chi connectivity index (χ2v) is 5.86. The number of nitrogens with one attached hydrogen (secondary N) is 2. The normalized spacial score (nSPS) is 16.6. The van der Waals surface area contributed by atoms with Gasteiger partial charge in [-0.15, -0.1) is 0 Å². The van der Waals surface area contributed by atoms with E-state index in [2.05, 4.69) is 34.6 Å². The number of likely N-dealkylation sites (N-methyl/N-ethyl adjacent to an activating group) is 1. The van der Waals surface area contributed by atoms with Crippen LogP contribution >= 0.6 is 11.6 Å². The van der Waals surface area contributed by atoms with Gasteiger partial charge in [-0.05, 0) is 39.4 Å². The fourth-order valence-corrected chi connectivity index (χ4v) is 2.65. The largest absolute Gasteiger partial charge is 0.373 e. The van der Waals surface area contributed by atoms with Crippen LogP contribution in [0.5, 0.6) is 0 Å². The molecule has 1 fully saturated rings. The lowest BCUT2D eigenvalue weighted by atomic mass is 9.75. The highest BCUT2D eigenvalue weighted by atomic mass is 35.5. The lowest BCUT2D eigenvalue weighted by Crippen LogP contribution is -2.57. The summed E-state index contributed by atoms with van der Waals surface area (Å²) >= 11 is 6.05. The van der Waals surface area contributed by atoms with Crippen molar-refractivity contribution < 1.29 is 4.79 Å². The van der Waals surface area contributed by atoms with E-state index in [0.29, 0.717) is 22.9 Å². The van der Waals surface area contributed by atoms with Crippen LogP contribution in [0, 0.1) is 0 Å². The smallest absolute Gasteiger partial charge is 0.253 e. The molecule has 5 nitrogen and oxygen atoms in total. The van der Waals surface area contributed by atoms with Crippen LogP contribution in [0.15, 0.2) is 12.3 Å². The predicted molar refractivity (Wildman–Crippen MR) is 81.4 cm³/mol. The first kappa shape index (κ1) is 15.1. The Labute approximate surface area is 124 Å². The number of carbonyl (C=O) groups excluding carboxylic acids is 1. The lowest BCUT2D eigenvalue weighted by molar-refractivity contribution is 0.0557. The standard InChI is InChI=1S/C14H21ClN4O/c1-16-12-7-10(11(15)8-17-12)13(20)18-9-14(19(2)3)5-4-6-14/h7-8H,4-6,9H2,1-3H3,(H,16,17)(H,18,20). The Hall–Kier alpha value is -1.33. The van der Waals surface area contributed by atoms with E-state index < -0.39 is 0 Å². The van der Waals surface area contributed by atoms with Crippen molar-refractivity contribution in [3.05, 3.63) is 22.8 Å². The minimum Gasteiger partial charge on any atom is -0.373 e. The Morgan fingerprint density at radius 2 is 2.20 bits per heavy atom. The number of nitrogens with zero attached hydrogens (tertiary/aromatic N) is 2. The van der Waals surface area contributed by atoms with E-state index in [1.54, 1.807) is 13.1 Å². The molecule has 1 aromatic heterocycles. The number of amides is 1. The number of anilines is 1. The summed E-state index contributed by atoms with van der Waals surface area (Å²) in [6, 6.07) is 1.67. The van der Waals surface area contributed by atoms with E-state index in [4.69, 9.17) is 11.6 Å². The van der Waals surface area contributed by atoms with Crippen molar-refractivity contribution >= 4 is 23.3 Å². The third-order valence-electron chi connectivity index (χ3n) is 4.17. The maximum absolute atomic E-state index is 12.3. The average Bonchev–Trinajstić information content (AvgIpc) is 2.37. The summed E-state index contributed by atoms with van der Waals surface area (Å²) in [5.41, 5.74) is 0.556. The van der Waals surface area contributed by atoms with Gasteiger partial charge in [0.05, 0.1) is 10.6 Å². The zero-order valence-corrected chi connectivity index (χ0v) is 12.9.